The van der Waals surface area contributed by atoms with Crippen LogP contribution in [0.5, 0.6) is 0 Å². The Kier molecular flexibility index (Phi) is 3.68. The lowest BCUT2D eigenvalue weighted by Crippen LogP contribution is -2.05. The number of sulfone groups is 1. The summed E-state index contributed by atoms with van der Waals surface area (Å²) in [5.74, 6) is 0.505. The lowest BCUT2D eigenvalue weighted by atomic mass is 10.1. The second kappa shape index (κ2) is 5.30. The van der Waals surface area contributed by atoms with Crippen LogP contribution in [0.3, 0.4) is 0 Å². The molecule has 1 aliphatic rings. The van der Waals surface area contributed by atoms with E-state index in [1.165, 1.54) is 31.9 Å². The van der Waals surface area contributed by atoms with E-state index in [-0.39, 0.29) is 10.1 Å². The summed E-state index contributed by atoms with van der Waals surface area (Å²) in [6.07, 6.45) is 6.41. The van der Waals surface area contributed by atoms with Gasteiger partial charge >= 0.3 is 0 Å². The van der Waals surface area contributed by atoms with Crippen molar-refractivity contribution in [1.82, 2.24) is 9.97 Å². The highest BCUT2D eigenvalue weighted by Gasteiger charge is 2.23. The Bertz CT molecular complexity index is 640. The monoisotopic (exact) mass is 314 g/mol. The zero-order valence-corrected chi connectivity index (χ0v) is 12.7. The van der Waals surface area contributed by atoms with Crippen LogP contribution < -0.4 is 0 Å². The summed E-state index contributed by atoms with van der Waals surface area (Å²) in [4.78, 5) is 8.38. The average molecular weight is 314 g/mol. The van der Waals surface area contributed by atoms with Crippen molar-refractivity contribution in [3.8, 4) is 0 Å². The molecule has 0 aromatic carbocycles. The molecule has 0 saturated heterocycles. The van der Waals surface area contributed by atoms with Crippen LogP contribution >= 0.6 is 22.7 Å². The van der Waals surface area contributed by atoms with Gasteiger partial charge in [-0.05, 0) is 12.8 Å². The van der Waals surface area contributed by atoms with E-state index in [9.17, 15) is 8.42 Å². The van der Waals surface area contributed by atoms with Crippen molar-refractivity contribution < 1.29 is 8.42 Å². The molecule has 2 aromatic heterocycles. The second-order valence-corrected chi connectivity index (χ2v) is 8.66. The minimum atomic E-state index is -3.33. The summed E-state index contributed by atoms with van der Waals surface area (Å²) in [6.45, 7) is 0. The first-order chi connectivity index (χ1) is 9.15. The van der Waals surface area contributed by atoms with Gasteiger partial charge in [0.15, 0.2) is 0 Å². The van der Waals surface area contributed by atoms with E-state index >= 15 is 0 Å². The largest absolute Gasteiger partial charge is 0.245 e. The molecule has 3 rings (SSSR count). The maximum Gasteiger partial charge on any atom is 0.211 e. The maximum atomic E-state index is 12.1. The molecule has 7 heteroatoms. The van der Waals surface area contributed by atoms with Crippen molar-refractivity contribution in [2.24, 2.45) is 0 Å². The van der Waals surface area contributed by atoms with Gasteiger partial charge < -0.3 is 0 Å². The number of hydrogen-bond acceptors (Lipinski definition) is 6. The number of nitrogens with zero attached hydrogens (tertiary/aromatic N) is 2. The Labute approximate surface area is 120 Å². The van der Waals surface area contributed by atoms with Gasteiger partial charge in [-0.25, -0.2) is 18.4 Å². The van der Waals surface area contributed by atoms with Crippen LogP contribution in [0.1, 0.15) is 42.3 Å². The van der Waals surface area contributed by atoms with Crippen molar-refractivity contribution in [2.45, 2.75) is 41.7 Å². The van der Waals surface area contributed by atoms with Crippen molar-refractivity contribution in [2.75, 3.05) is 0 Å². The average Bonchev–Trinajstić information content (AvgIpc) is 3.11. The molecule has 0 N–H and O–H groups in total. The number of hydrogen-bond donors (Lipinski definition) is 0. The molecule has 0 bridgehead atoms. The Balaban J connectivity index is 1.77. The SMILES string of the molecule is O=S(=O)(Cc1csc(C2CCCC2)n1)c1nccs1. The highest BCUT2D eigenvalue weighted by molar-refractivity contribution is 7.92. The number of thiazole rings is 2. The summed E-state index contributed by atoms with van der Waals surface area (Å²) >= 11 is 2.75. The van der Waals surface area contributed by atoms with Crippen molar-refractivity contribution >= 4 is 32.5 Å². The normalized spacial score (nSPS) is 17.1. The Morgan fingerprint density at radius 2 is 2.05 bits per heavy atom. The topological polar surface area (TPSA) is 59.9 Å². The third-order valence-electron chi connectivity index (χ3n) is 3.29. The van der Waals surface area contributed by atoms with Gasteiger partial charge in [-0.15, -0.1) is 22.7 Å². The van der Waals surface area contributed by atoms with E-state index < -0.39 is 9.84 Å². The Morgan fingerprint density at radius 1 is 1.26 bits per heavy atom. The van der Waals surface area contributed by atoms with Crippen molar-refractivity contribution in [3.63, 3.8) is 0 Å². The van der Waals surface area contributed by atoms with Crippen LogP contribution in [-0.4, -0.2) is 18.4 Å². The van der Waals surface area contributed by atoms with Crippen LogP contribution in [0.15, 0.2) is 21.3 Å². The fraction of sp³-hybridized carbons (Fsp3) is 0.500. The molecule has 2 heterocycles. The van der Waals surface area contributed by atoms with Crippen molar-refractivity contribution in [1.29, 1.82) is 0 Å². The first-order valence-corrected chi connectivity index (χ1v) is 9.63. The summed E-state index contributed by atoms with van der Waals surface area (Å²) in [5.41, 5.74) is 0.655. The molecule has 1 saturated carbocycles. The van der Waals surface area contributed by atoms with E-state index in [0.29, 0.717) is 11.6 Å². The van der Waals surface area contributed by atoms with Gasteiger partial charge in [0.05, 0.1) is 10.7 Å². The third kappa shape index (κ3) is 2.88. The molecule has 102 valence electrons. The minimum Gasteiger partial charge on any atom is -0.245 e. The zero-order chi connectivity index (χ0) is 13.3. The quantitative estimate of drug-likeness (QED) is 0.869. The van der Waals surface area contributed by atoms with E-state index in [4.69, 9.17) is 0 Å². The standard InChI is InChI=1S/C12H14N2O2S3/c15-19(16,12-13-5-6-17-12)8-10-7-18-11(14-10)9-3-1-2-4-9/h5-7,9H,1-4,8H2. The van der Waals surface area contributed by atoms with Gasteiger partial charge in [-0.3, -0.25) is 0 Å². The second-order valence-electron chi connectivity index (χ2n) is 4.72. The molecule has 2 aromatic rings. The van der Waals surface area contributed by atoms with E-state index in [1.54, 1.807) is 16.7 Å². The van der Waals surface area contributed by atoms with Crippen molar-refractivity contribution in [3.05, 3.63) is 27.7 Å². The summed E-state index contributed by atoms with van der Waals surface area (Å²) in [6, 6.07) is 0. The summed E-state index contributed by atoms with van der Waals surface area (Å²) in [5, 5.41) is 4.65. The number of rotatable bonds is 4. The molecule has 19 heavy (non-hydrogen) atoms. The van der Waals surface area contributed by atoms with Gasteiger partial charge in [0.2, 0.25) is 14.2 Å². The van der Waals surface area contributed by atoms with Crippen LogP contribution in [0.2, 0.25) is 0 Å². The molecule has 0 amide bonds. The first kappa shape index (κ1) is 13.2. The van der Waals surface area contributed by atoms with Crippen LogP contribution in [0, 0.1) is 0 Å². The fourth-order valence-electron chi connectivity index (χ4n) is 2.37. The smallest absolute Gasteiger partial charge is 0.211 e. The molecule has 0 aliphatic heterocycles. The molecule has 0 atom stereocenters. The Morgan fingerprint density at radius 3 is 2.74 bits per heavy atom. The Hall–Kier alpha value is -0.790. The molecule has 0 radical (unpaired) electrons. The van der Waals surface area contributed by atoms with Gasteiger partial charge in [-0.1, -0.05) is 12.8 Å². The molecular weight excluding hydrogens is 300 g/mol. The maximum absolute atomic E-state index is 12.1. The summed E-state index contributed by atoms with van der Waals surface area (Å²) in [7, 11) is -3.33. The fourth-order valence-corrected chi connectivity index (χ4v) is 5.64. The molecule has 1 aliphatic carbocycles. The van der Waals surface area contributed by atoms with E-state index in [1.807, 2.05) is 5.38 Å². The van der Waals surface area contributed by atoms with Gasteiger partial charge in [0.25, 0.3) is 0 Å². The molecule has 1 fully saturated rings. The van der Waals surface area contributed by atoms with E-state index in [2.05, 4.69) is 9.97 Å². The zero-order valence-electron chi connectivity index (χ0n) is 10.3. The first-order valence-electron chi connectivity index (χ1n) is 6.22. The van der Waals surface area contributed by atoms with Gasteiger partial charge in [0.1, 0.15) is 5.75 Å². The lowest BCUT2D eigenvalue weighted by Gasteiger charge is -2.02. The third-order valence-corrected chi connectivity index (χ3v) is 7.27. The van der Waals surface area contributed by atoms with Crippen LogP contribution in [0.4, 0.5) is 0 Å². The highest BCUT2D eigenvalue weighted by atomic mass is 32.2. The van der Waals surface area contributed by atoms with Crippen LogP contribution in [-0.2, 0) is 15.6 Å². The molecule has 0 unspecified atom stereocenters. The predicted octanol–water partition coefficient (Wildman–Crippen LogP) is 3.23. The van der Waals surface area contributed by atoms with Crippen LogP contribution in [0.25, 0.3) is 0 Å². The lowest BCUT2D eigenvalue weighted by molar-refractivity contribution is 0.593. The molecular formula is C12H14N2O2S3. The molecule has 0 spiro atoms. The van der Waals surface area contributed by atoms with Gasteiger partial charge in [-0.2, -0.15) is 0 Å². The summed E-state index contributed by atoms with van der Waals surface area (Å²) < 4.78 is 24.4. The van der Waals surface area contributed by atoms with E-state index in [0.717, 1.165) is 16.3 Å². The highest BCUT2D eigenvalue weighted by Crippen LogP contribution is 2.35. The minimum absolute atomic E-state index is 0.0380. The molecule has 4 nitrogen and oxygen atoms in total. The predicted molar refractivity (Wildman–Crippen MR) is 76.3 cm³/mol. The number of aromatic nitrogens is 2. The van der Waals surface area contributed by atoms with Gasteiger partial charge in [0, 0.05) is 22.9 Å².